The van der Waals surface area contributed by atoms with E-state index in [0.717, 1.165) is 6.42 Å². The fourth-order valence-electron chi connectivity index (χ4n) is 2.33. The molecule has 0 fully saturated rings. The van der Waals surface area contributed by atoms with Gasteiger partial charge in [-0.3, -0.25) is 14.8 Å². The molecule has 0 bridgehead atoms. The molecule has 9 nitrogen and oxygen atoms in total. The SMILES string of the molecule is CCCCS(=O)(=O)Nc1ccc(Nc2c([N+](=O)[O-])c(C)nn2C)cc1. The van der Waals surface area contributed by atoms with E-state index in [2.05, 4.69) is 15.1 Å². The lowest BCUT2D eigenvalue weighted by atomic mass is 10.3. The smallest absolute Gasteiger partial charge is 0.334 e. The van der Waals surface area contributed by atoms with Crippen LogP contribution in [0.3, 0.4) is 0 Å². The third-order valence-corrected chi connectivity index (χ3v) is 4.93. The second-order valence-electron chi connectivity index (χ2n) is 5.64. The first-order valence-electron chi connectivity index (χ1n) is 7.79. The predicted molar refractivity (Wildman–Crippen MR) is 96.6 cm³/mol. The van der Waals surface area contributed by atoms with Crippen LogP contribution in [0.2, 0.25) is 0 Å². The van der Waals surface area contributed by atoms with Crippen molar-refractivity contribution in [2.24, 2.45) is 7.05 Å². The molecule has 2 N–H and O–H groups in total. The standard InChI is InChI=1S/C15H21N5O4S/c1-4-5-10-25(23,24)18-13-8-6-12(7-9-13)16-15-14(20(21)22)11(2)17-19(15)3/h6-9,16,18H,4-5,10H2,1-3H3. The van der Waals surface area contributed by atoms with Crippen LogP contribution in [0.1, 0.15) is 25.5 Å². The summed E-state index contributed by atoms with van der Waals surface area (Å²) in [7, 11) is -1.75. The summed E-state index contributed by atoms with van der Waals surface area (Å²) >= 11 is 0. The molecule has 0 aliphatic heterocycles. The van der Waals surface area contributed by atoms with Crippen LogP contribution in [-0.4, -0.2) is 28.9 Å². The lowest BCUT2D eigenvalue weighted by Crippen LogP contribution is -2.16. The number of hydrogen-bond donors (Lipinski definition) is 2. The van der Waals surface area contributed by atoms with Gasteiger partial charge in [0.05, 0.1) is 10.7 Å². The van der Waals surface area contributed by atoms with E-state index in [1.807, 2.05) is 6.92 Å². The number of nitrogens with zero attached hydrogens (tertiary/aromatic N) is 3. The summed E-state index contributed by atoms with van der Waals surface area (Å²) in [4.78, 5) is 10.7. The molecule has 0 saturated carbocycles. The molecule has 0 spiro atoms. The van der Waals surface area contributed by atoms with Gasteiger partial charge < -0.3 is 5.32 Å². The Kier molecular flexibility index (Phi) is 5.62. The number of hydrogen-bond acceptors (Lipinski definition) is 6. The molecule has 0 unspecified atom stereocenters. The molecule has 1 heterocycles. The average molecular weight is 367 g/mol. The summed E-state index contributed by atoms with van der Waals surface area (Å²) in [6.45, 7) is 3.49. The van der Waals surface area contributed by atoms with Gasteiger partial charge in [0.1, 0.15) is 5.69 Å². The molecule has 0 saturated heterocycles. The van der Waals surface area contributed by atoms with Crippen LogP contribution >= 0.6 is 0 Å². The molecule has 0 atom stereocenters. The predicted octanol–water partition coefficient (Wildman–Crippen LogP) is 2.92. The minimum absolute atomic E-state index is 0.0734. The third kappa shape index (κ3) is 4.69. The molecule has 136 valence electrons. The number of aryl methyl sites for hydroxylation is 2. The fraction of sp³-hybridized carbons (Fsp3) is 0.400. The Hall–Kier alpha value is -2.62. The van der Waals surface area contributed by atoms with Crippen molar-refractivity contribution in [3.8, 4) is 0 Å². The molecule has 1 aromatic heterocycles. The maximum absolute atomic E-state index is 11.9. The van der Waals surface area contributed by atoms with Gasteiger partial charge in [0, 0.05) is 18.4 Å². The number of anilines is 3. The highest BCUT2D eigenvalue weighted by molar-refractivity contribution is 7.92. The second-order valence-corrected chi connectivity index (χ2v) is 7.48. The Balaban J connectivity index is 2.15. The lowest BCUT2D eigenvalue weighted by Gasteiger charge is -2.09. The molecule has 2 aromatic rings. The van der Waals surface area contributed by atoms with Gasteiger partial charge in [-0.15, -0.1) is 0 Å². The zero-order chi connectivity index (χ0) is 18.6. The Morgan fingerprint density at radius 2 is 1.84 bits per heavy atom. The van der Waals surface area contributed by atoms with Crippen molar-refractivity contribution in [3.63, 3.8) is 0 Å². The molecule has 10 heteroatoms. The van der Waals surface area contributed by atoms with E-state index in [1.165, 1.54) is 4.68 Å². The van der Waals surface area contributed by atoms with Crippen LogP contribution in [0.25, 0.3) is 0 Å². The Labute approximate surface area is 146 Å². The van der Waals surface area contributed by atoms with Gasteiger partial charge in [-0.05, 0) is 37.6 Å². The molecule has 0 aliphatic carbocycles. The van der Waals surface area contributed by atoms with Crippen LogP contribution in [0, 0.1) is 17.0 Å². The first-order valence-corrected chi connectivity index (χ1v) is 9.44. The van der Waals surface area contributed by atoms with E-state index >= 15 is 0 Å². The van der Waals surface area contributed by atoms with Crippen LogP contribution in [0.5, 0.6) is 0 Å². The summed E-state index contributed by atoms with van der Waals surface area (Å²) < 4.78 is 27.7. The van der Waals surface area contributed by atoms with E-state index in [0.29, 0.717) is 23.5 Å². The van der Waals surface area contributed by atoms with E-state index in [-0.39, 0.29) is 17.3 Å². The van der Waals surface area contributed by atoms with Crippen molar-refractivity contribution in [1.82, 2.24) is 9.78 Å². The first kappa shape index (κ1) is 18.7. The van der Waals surface area contributed by atoms with E-state index < -0.39 is 14.9 Å². The zero-order valence-electron chi connectivity index (χ0n) is 14.3. The van der Waals surface area contributed by atoms with Gasteiger partial charge in [-0.1, -0.05) is 13.3 Å². The van der Waals surface area contributed by atoms with Crippen molar-refractivity contribution in [2.75, 3.05) is 15.8 Å². The van der Waals surface area contributed by atoms with Crippen LogP contribution in [0.15, 0.2) is 24.3 Å². The largest absolute Gasteiger partial charge is 0.335 e. The Morgan fingerprint density at radius 3 is 2.40 bits per heavy atom. The third-order valence-electron chi connectivity index (χ3n) is 3.56. The monoisotopic (exact) mass is 367 g/mol. The molecule has 0 aliphatic rings. The molecule has 0 amide bonds. The number of nitro groups is 1. The van der Waals surface area contributed by atoms with Crippen molar-refractivity contribution < 1.29 is 13.3 Å². The normalized spacial score (nSPS) is 11.3. The van der Waals surface area contributed by atoms with E-state index in [1.54, 1.807) is 38.2 Å². The van der Waals surface area contributed by atoms with Gasteiger partial charge in [-0.2, -0.15) is 5.10 Å². The highest BCUT2D eigenvalue weighted by Crippen LogP contribution is 2.30. The highest BCUT2D eigenvalue weighted by atomic mass is 32.2. The first-order chi connectivity index (χ1) is 11.7. The van der Waals surface area contributed by atoms with Crippen molar-refractivity contribution >= 4 is 32.9 Å². The average Bonchev–Trinajstić information content (AvgIpc) is 2.81. The minimum atomic E-state index is -3.36. The second kappa shape index (κ2) is 7.51. The summed E-state index contributed by atoms with van der Waals surface area (Å²) in [6, 6.07) is 6.48. The van der Waals surface area contributed by atoms with Crippen molar-refractivity contribution in [3.05, 3.63) is 40.1 Å². The summed E-state index contributed by atoms with van der Waals surface area (Å²) in [5.74, 6) is 0.336. The Morgan fingerprint density at radius 1 is 1.24 bits per heavy atom. The van der Waals surface area contributed by atoms with Gasteiger partial charge in [0.25, 0.3) is 0 Å². The van der Waals surface area contributed by atoms with Gasteiger partial charge >= 0.3 is 5.69 Å². The summed E-state index contributed by atoms with van der Waals surface area (Å²) in [6.07, 6.45) is 1.39. The number of sulfonamides is 1. The van der Waals surface area contributed by atoms with Crippen LogP contribution < -0.4 is 10.0 Å². The fourth-order valence-corrected chi connectivity index (χ4v) is 3.59. The van der Waals surface area contributed by atoms with E-state index in [4.69, 9.17) is 0 Å². The van der Waals surface area contributed by atoms with Crippen molar-refractivity contribution in [1.29, 1.82) is 0 Å². The molecule has 2 rings (SSSR count). The molecule has 0 radical (unpaired) electrons. The van der Waals surface area contributed by atoms with Crippen LogP contribution in [-0.2, 0) is 17.1 Å². The summed E-state index contributed by atoms with van der Waals surface area (Å²) in [5.41, 5.74) is 1.25. The highest BCUT2D eigenvalue weighted by Gasteiger charge is 2.24. The zero-order valence-corrected chi connectivity index (χ0v) is 15.1. The van der Waals surface area contributed by atoms with E-state index in [9.17, 15) is 18.5 Å². The Bertz CT molecular complexity index is 859. The van der Waals surface area contributed by atoms with Crippen molar-refractivity contribution in [2.45, 2.75) is 26.7 Å². The number of nitrogens with one attached hydrogen (secondary N) is 2. The molecule has 25 heavy (non-hydrogen) atoms. The topological polar surface area (TPSA) is 119 Å². The van der Waals surface area contributed by atoms with Gasteiger partial charge in [0.15, 0.2) is 0 Å². The number of aromatic nitrogens is 2. The summed E-state index contributed by atoms with van der Waals surface area (Å²) in [5, 5.41) is 18.2. The van der Waals surface area contributed by atoms with Gasteiger partial charge in [0.2, 0.25) is 15.8 Å². The number of rotatable bonds is 8. The quantitative estimate of drug-likeness (QED) is 0.547. The minimum Gasteiger partial charge on any atom is -0.335 e. The molecular formula is C15H21N5O4S. The maximum Gasteiger partial charge on any atom is 0.334 e. The number of unbranched alkanes of at least 4 members (excludes halogenated alkanes) is 1. The maximum atomic E-state index is 11.9. The van der Waals surface area contributed by atoms with Crippen LogP contribution in [0.4, 0.5) is 22.9 Å². The molecule has 1 aromatic carbocycles. The van der Waals surface area contributed by atoms with Gasteiger partial charge in [-0.25, -0.2) is 13.1 Å². The lowest BCUT2D eigenvalue weighted by molar-refractivity contribution is -0.384. The molecular weight excluding hydrogens is 346 g/mol. The number of benzene rings is 1.